The van der Waals surface area contributed by atoms with Gasteiger partial charge in [0.05, 0.1) is 11.3 Å². The SMILES string of the molecule is Cn1ccnc1Sc1ccc(F)cc1NC(=O)c1ccc(Cl)nc1. The van der Waals surface area contributed by atoms with Crippen molar-refractivity contribution < 1.29 is 9.18 Å². The molecular weight excluding hydrogens is 351 g/mol. The highest BCUT2D eigenvalue weighted by molar-refractivity contribution is 7.99. The van der Waals surface area contributed by atoms with Crippen molar-refractivity contribution in [1.29, 1.82) is 0 Å². The van der Waals surface area contributed by atoms with E-state index in [1.54, 1.807) is 18.3 Å². The van der Waals surface area contributed by atoms with E-state index in [-0.39, 0.29) is 0 Å². The van der Waals surface area contributed by atoms with Gasteiger partial charge in [0.15, 0.2) is 5.16 Å². The third kappa shape index (κ3) is 3.74. The predicted molar refractivity (Wildman–Crippen MR) is 90.9 cm³/mol. The number of hydrogen-bond donors (Lipinski definition) is 1. The maximum absolute atomic E-state index is 13.6. The van der Waals surface area contributed by atoms with E-state index >= 15 is 0 Å². The van der Waals surface area contributed by atoms with Crippen LogP contribution in [0, 0.1) is 5.82 Å². The minimum atomic E-state index is -0.441. The molecule has 24 heavy (non-hydrogen) atoms. The van der Waals surface area contributed by atoms with Gasteiger partial charge in [-0.25, -0.2) is 14.4 Å². The Kier molecular flexibility index (Phi) is 4.82. The maximum Gasteiger partial charge on any atom is 0.257 e. The van der Waals surface area contributed by atoms with Gasteiger partial charge in [0.25, 0.3) is 5.91 Å². The van der Waals surface area contributed by atoms with Crippen molar-refractivity contribution >= 4 is 35.0 Å². The van der Waals surface area contributed by atoms with E-state index in [2.05, 4.69) is 15.3 Å². The van der Waals surface area contributed by atoms with Crippen molar-refractivity contribution in [2.24, 2.45) is 7.05 Å². The molecule has 2 aromatic heterocycles. The second-order valence-electron chi connectivity index (χ2n) is 4.89. The average molecular weight is 363 g/mol. The number of anilines is 1. The lowest BCUT2D eigenvalue weighted by atomic mass is 10.2. The molecule has 0 saturated carbocycles. The average Bonchev–Trinajstić information content (AvgIpc) is 2.95. The number of carbonyl (C=O) groups excluding carboxylic acids is 1. The van der Waals surface area contributed by atoms with Crippen molar-refractivity contribution in [3.8, 4) is 0 Å². The summed E-state index contributed by atoms with van der Waals surface area (Å²) < 4.78 is 15.4. The predicted octanol–water partition coefficient (Wildman–Crippen LogP) is 4.01. The van der Waals surface area contributed by atoms with Crippen molar-refractivity contribution in [3.63, 3.8) is 0 Å². The maximum atomic E-state index is 13.6. The van der Waals surface area contributed by atoms with Gasteiger partial charge in [0, 0.05) is 30.5 Å². The van der Waals surface area contributed by atoms with Crippen LogP contribution in [0.1, 0.15) is 10.4 Å². The van der Waals surface area contributed by atoms with Gasteiger partial charge in [0.1, 0.15) is 11.0 Å². The Bertz CT molecular complexity index is 882. The first-order valence-corrected chi connectivity index (χ1v) is 8.10. The third-order valence-corrected chi connectivity index (χ3v) is 4.53. The molecule has 0 saturated heterocycles. The highest BCUT2D eigenvalue weighted by atomic mass is 35.5. The van der Waals surface area contributed by atoms with E-state index in [0.29, 0.717) is 21.3 Å². The van der Waals surface area contributed by atoms with Gasteiger partial charge in [-0.3, -0.25) is 4.79 Å². The van der Waals surface area contributed by atoms with E-state index in [9.17, 15) is 9.18 Å². The number of rotatable bonds is 4. The van der Waals surface area contributed by atoms with Gasteiger partial charge < -0.3 is 9.88 Å². The highest BCUT2D eigenvalue weighted by Crippen LogP contribution is 2.33. The van der Waals surface area contributed by atoms with Crippen LogP contribution in [-0.4, -0.2) is 20.4 Å². The molecular formula is C16H12ClFN4OS. The summed E-state index contributed by atoms with van der Waals surface area (Å²) in [5.41, 5.74) is 0.694. The summed E-state index contributed by atoms with van der Waals surface area (Å²) in [4.78, 5) is 21.1. The zero-order valence-corrected chi connectivity index (χ0v) is 14.1. The number of imidazole rings is 1. The lowest BCUT2D eigenvalue weighted by Crippen LogP contribution is -2.13. The zero-order valence-electron chi connectivity index (χ0n) is 12.5. The van der Waals surface area contributed by atoms with Crippen molar-refractivity contribution in [1.82, 2.24) is 14.5 Å². The van der Waals surface area contributed by atoms with Crippen molar-refractivity contribution in [2.75, 3.05) is 5.32 Å². The van der Waals surface area contributed by atoms with Crippen LogP contribution in [0.4, 0.5) is 10.1 Å². The molecule has 0 aliphatic carbocycles. The van der Waals surface area contributed by atoms with Gasteiger partial charge in [-0.15, -0.1) is 0 Å². The first kappa shape index (κ1) is 16.5. The van der Waals surface area contributed by atoms with Gasteiger partial charge in [-0.05, 0) is 42.1 Å². The smallest absolute Gasteiger partial charge is 0.257 e. The summed E-state index contributed by atoms with van der Waals surface area (Å²) in [5, 5.41) is 3.72. The molecule has 3 rings (SSSR count). The Balaban J connectivity index is 1.86. The van der Waals surface area contributed by atoms with E-state index < -0.39 is 11.7 Å². The Morgan fingerprint density at radius 3 is 2.79 bits per heavy atom. The van der Waals surface area contributed by atoms with E-state index in [4.69, 9.17) is 11.6 Å². The van der Waals surface area contributed by atoms with Crippen LogP contribution in [0.5, 0.6) is 0 Å². The molecule has 0 radical (unpaired) electrons. The van der Waals surface area contributed by atoms with Crippen molar-refractivity contribution in [3.05, 3.63) is 65.5 Å². The Hall–Kier alpha value is -2.38. The van der Waals surface area contributed by atoms with Crippen LogP contribution in [0.3, 0.4) is 0 Å². The first-order chi connectivity index (χ1) is 11.5. The number of hydrogen-bond acceptors (Lipinski definition) is 4. The van der Waals surface area contributed by atoms with Crippen LogP contribution in [0.2, 0.25) is 5.15 Å². The molecule has 1 aromatic carbocycles. The summed E-state index contributed by atoms with van der Waals surface area (Å²) >= 11 is 7.04. The summed E-state index contributed by atoms with van der Waals surface area (Å²) in [6.07, 6.45) is 4.84. The fourth-order valence-electron chi connectivity index (χ4n) is 1.94. The Morgan fingerprint density at radius 2 is 2.12 bits per heavy atom. The lowest BCUT2D eigenvalue weighted by Gasteiger charge is -2.11. The number of nitrogens with one attached hydrogen (secondary N) is 1. The lowest BCUT2D eigenvalue weighted by molar-refractivity contribution is 0.102. The number of aromatic nitrogens is 3. The number of carbonyl (C=O) groups is 1. The number of nitrogens with zero attached hydrogens (tertiary/aromatic N) is 3. The molecule has 1 N–H and O–H groups in total. The minimum absolute atomic E-state index is 0.295. The van der Waals surface area contributed by atoms with Gasteiger partial charge in [0.2, 0.25) is 0 Å². The van der Waals surface area contributed by atoms with Gasteiger partial charge >= 0.3 is 0 Å². The molecule has 122 valence electrons. The van der Waals surface area contributed by atoms with Crippen LogP contribution in [0.15, 0.2) is 59.0 Å². The number of benzene rings is 1. The molecule has 8 heteroatoms. The van der Waals surface area contributed by atoms with Crippen LogP contribution in [0.25, 0.3) is 0 Å². The number of aryl methyl sites for hydroxylation is 1. The normalized spacial score (nSPS) is 10.6. The molecule has 0 fully saturated rings. The number of halogens is 2. The second kappa shape index (κ2) is 7.02. The van der Waals surface area contributed by atoms with Crippen molar-refractivity contribution in [2.45, 2.75) is 10.1 Å². The van der Waals surface area contributed by atoms with Crippen LogP contribution < -0.4 is 5.32 Å². The Morgan fingerprint density at radius 1 is 1.29 bits per heavy atom. The standard InChI is InChI=1S/C16H12ClFN4OS/c1-22-7-6-19-16(22)24-13-4-3-11(18)8-12(13)21-15(23)10-2-5-14(17)20-9-10/h2-9H,1H3,(H,21,23). The first-order valence-electron chi connectivity index (χ1n) is 6.90. The molecule has 0 spiro atoms. The van der Waals surface area contributed by atoms with E-state index in [0.717, 1.165) is 5.16 Å². The molecule has 0 aliphatic heterocycles. The minimum Gasteiger partial charge on any atom is -0.329 e. The number of amides is 1. The largest absolute Gasteiger partial charge is 0.329 e. The molecule has 0 unspecified atom stereocenters. The summed E-state index contributed by atoms with van der Waals surface area (Å²) in [5.74, 6) is -0.838. The van der Waals surface area contributed by atoms with E-state index in [1.165, 1.54) is 36.2 Å². The Labute approximate surface area is 146 Å². The summed E-state index contributed by atoms with van der Waals surface area (Å²) in [7, 11) is 1.86. The number of pyridine rings is 1. The molecule has 3 aromatic rings. The summed E-state index contributed by atoms with van der Waals surface area (Å²) in [6.45, 7) is 0. The third-order valence-electron chi connectivity index (χ3n) is 3.16. The second-order valence-corrected chi connectivity index (χ2v) is 6.28. The van der Waals surface area contributed by atoms with E-state index in [1.807, 2.05) is 17.8 Å². The van der Waals surface area contributed by atoms with Gasteiger partial charge in [-0.1, -0.05) is 11.6 Å². The van der Waals surface area contributed by atoms with Crippen LogP contribution >= 0.6 is 23.4 Å². The molecule has 5 nitrogen and oxygen atoms in total. The highest BCUT2D eigenvalue weighted by Gasteiger charge is 2.13. The molecule has 1 amide bonds. The summed E-state index contributed by atoms with van der Waals surface area (Å²) in [6, 6.07) is 7.28. The molecule has 2 heterocycles. The monoisotopic (exact) mass is 362 g/mol. The fourth-order valence-corrected chi connectivity index (χ4v) is 2.93. The molecule has 0 aliphatic rings. The quantitative estimate of drug-likeness (QED) is 0.712. The fraction of sp³-hybridized carbons (Fsp3) is 0.0625. The topological polar surface area (TPSA) is 59.8 Å². The molecule has 0 atom stereocenters. The van der Waals surface area contributed by atoms with Crippen LogP contribution in [-0.2, 0) is 7.05 Å². The van der Waals surface area contributed by atoms with Gasteiger partial charge in [-0.2, -0.15) is 0 Å². The zero-order chi connectivity index (χ0) is 17.1. The molecule has 0 bridgehead atoms.